The molecule has 0 aliphatic heterocycles. The maximum absolute atomic E-state index is 12.1. The zero-order valence-corrected chi connectivity index (χ0v) is 14.1. The number of halogens is 1. The minimum absolute atomic E-state index is 0.167. The van der Waals surface area contributed by atoms with E-state index in [1.807, 2.05) is 25.1 Å². The number of carbonyl (C=O) groups is 2. The van der Waals surface area contributed by atoms with Crippen molar-refractivity contribution < 1.29 is 9.59 Å². The molecule has 0 aliphatic carbocycles. The van der Waals surface area contributed by atoms with Gasteiger partial charge in [-0.15, -0.1) is 11.8 Å². The number of amides is 2. The summed E-state index contributed by atoms with van der Waals surface area (Å²) in [6.07, 6.45) is 0.866. The van der Waals surface area contributed by atoms with Crippen LogP contribution in [0.1, 0.15) is 27.2 Å². The second-order valence-electron chi connectivity index (χ2n) is 4.71. The van der Waals surface area contributed by atoms with Crippen molar-refractivity contribution in [3.8, 4) is 0 Å². The summed E-state index contributed by atoms with van der Waals surface area (Å²) in [6, 6.07) is 6.83. The van der Waals surface area contributed by atoms with Gasteiger partial charge in [0.1, 0.15) is 6.04 Å². The van der Waals surface area contributed by atoms with Gasteiger partial charge in [0.05, 0.1) is 10.3 Å². The molecule has 0 bridgehead atoms. The van der Waals surface area contributed by atoms with Crippen LogP contribution in [0.2, 0.25) is 5.02 Å². The molecule has 0 heterocycles. The smallest absolute Gasteiger partial charge is 0.242 e. The van der Waals surface area contributed by atoms with Crippen LogP contribution in [-0.4, -0.2) is 29.7 Å². The fraction of sp³-hybridized carbons (Fsp3) is 0.467. The van der Waals surface area contributed by atoms with Crippen molar-refractivity contribution in [2.45, 2.75) is 43.4 Å². The van der Waals surface area contributed by atoms with Crippen LogP contribution in [0, 0.1) is 0 Å². The number of benzene rings is 1. The molecule has 6 heteroatoms. The van der Waals surface area contributed by atoms with Gasteiger partial charge in [0.25, 0.3) is 0 Å². The van der Waals surface area contributed by atoms with Crippen molar-refractivity contribution in [2.24, 2.45) is 0 Å². The molecule has 2 N–H and O–H groups in total. The molecule has 0 saturated heterocycles. The summed E-state index contributed by atoms with van der Waals surface area (Å²) >= 11 is 7.44. The predicted octanol–water partition coefficient (Wildman–Crippen LogP) is 2.85. The average molecular weight is 329 g/mol. The molecule has 21 heavy (non-hydrogen) atoms. The van der Waals surface area contributed by atoms with Gasteiger partial charge in [0, 0.05) is 11.4 Å². The molecule has 0 unspecified atom stereocenters. The quantitative estimate of drug-likeness (QED) is 0.757. The molecule has 0 saturated carbocycles. The van der Waals surface area contributed by atoms with E-state index in [2.05, 4.69) is 10.6 Å². The van der Waals surface area contributed by atoms with Gasteiger partial charge in [-0.2, -0.15) is 0 Å². The molecule has 1 rings (SSSR count). The van der Waals surface area contributed by atoms with Gasteiger partial charge in [-0.05, 0) is 32.4 Å². The van der Waals surface area contributed by atoms with Crippen molar-refractivity contribution >= 4 is 35.2 Å². The fourth-order valence-corrected chi connectivity index (χ4v) is 2.74. The molecule has 116 valence electrons. The summed E-state index contributed by atoms with van der Waals surface area (Å²) in [5.74, 6) is -0.348. The van der Waals surface area contributed by atoms with Crippen LogP contribution in [0.25, 0.3) is 0 Å². The number of nitrogens with one attached hydrogen (secondary N) is 2. The highest BCUT2D eigenvalue weighted by Gasteiger charge is 2.20. The summed E-state index contributed by atoms with van der Waals surface area (Å²) in [6.45, 7) is 6.06. The second kappa shape index (κ2) is 8.95. The van der Waals surface area contributed by atoms with Gasteiger partial charge in [-0.25, -0.2) is 0 Å². The fourth-order valence-electron chi connectivity index (χ4n) is 1.58. The van der Waals surface area contributed by atoms with E-state index in [4.69, 9.17) is 11.6 Å². The van der Waals surface area contributed by atoms with Gasteiger partial charge in [-0.3, -0.25) is 9.59 Å². The van der Waals surface area contributed by atoms with Crippen LogP contribution in [0.4, 0.5) is 0 Å². The number of carbonyl (C=O) groups excluding carboxylic acids is 2. The Morgan fingerprint density at radius 3 is 2.52 bits per heavy atom. The third kappa shape index (κ3) is 5.98. The normalized spacial score (nSPS) is 13.3. The number of rotatable bonds is 7. The first-order valence-electron chi connectivity index (χ1n) is 6.95. The minimum Gasteiger partial charge on any atom is -0.354 e. The van der Waals surface area contributed by atoms with Crippen molar-refractivity contribution in [3.05, 3.63) is 29.3 Å². The van der Waals surface area contributed by atoms with Gasteiger partial charge in [0.15, 0.2) is 0 Å². The van der Waals surface area contributed by atoms with Crippen LogP contribution in [0.15, 0.2) is 29.2 Å². The Balaban J connectivity index is 2.51. The second-order valence-corrected chi connectivity index (χ2v) is 6.50. The molecule has 0 radical (unpaired) electrons. The summed E-state index contributed by atoms with van der Waals surface area (Å²) in [7, 11) is 0. The van der Waals surface area contributed by atoms with Crippen molar-refractivity contribution in [3.63, 3.8) is 0 Å². The van der Waals surface area contributed by atoms with E-state index < -0.39 is 6.04 Å². The largest absolute Gasteiger partial charge is 0.354 e. The third-order valence-corrected chi connectivity index (χ3v) is 4.43. The zero-order valence-electron chi connectivity index (χ0n) is 12.5. The van der Waals surface area contributed by atoms with E-state index in [-0.39, 0.29) is 17.1 Å². The highest BCUT2D eigenvalue weighted by molar-refractivity contribution is 8.00. The van der Waals surface area contributed by atoms with Crippen LogP contribution in [-0.2, 0) is 9.59 Å². The van der Waals surface area contributed by atoms with E-state index in [0.717, 1.165) is 11.3 Å². The van der Waals surface area contributed by atoms with E-state index >= 15 is 0 Å². The van der Waals surface area contributed by atoms with E-state index in [1.54, 1.807) is 19.9 Å². The Bertz CT molecular complexity index is 496. The van der Waals surface area contributed by atoms with E-state index in [1.165, 1.54) is 11.8 Å². The lowest BCUT2D eigenvalue weighted by Gasteiger charge is -2.17. The first-order valence-corrected chi connectivity index (χ1v) is 8.20. The van der Waals surface area contributed by atoms with Crippen molar-refractivity contribution in [1.82, 2.24) is 10.6 Å². The summed E-state index contributed by atoms with van der Waals surface area (Å²) in [5.41, 5.74) is 0. The molecule has 2 amide bonds. The number of hydrogen-bond donors (Lipinski definition) is 2. The lowest BCUT2D eigenvalue weighted by atomic mass is 10.3. The minimum atomic E-state index is -0.543. The summed E-state index contributed by atoms with van der Waals surface area (Å²) < 4.78 is 0. The molecular weight excluding hydrogens is 308 g/mol. The molecule has 2 atom stereocenters. The van der Waals surface area contributed by atoms with Crippen molar-refractivity contribution in [2.75, 3.05) is 6.54 Å². The molecule has 1 aromatic carbocycles. The van der Waals surface area contributed by atoms with Crippen LogP contribution < -0.4 is 10.6 Å². The average Bonchev–Trinajstić information content (AvgIpc) is 2.46. The standard InChI is InChI=1S/C15H21ClN2O2S/c1-4-9-17-14(19)10(2)18-15(20)11(3)21-13-8-6-5-7-12(13)16/h5-8,10-11H,4,9H2,1-3H3,(H,17,19)(H,18,20)/t10-,11+/m0/s1. The Morgan fingerprint density at radius 2 is 1.90 bits per heavy atom. The lowest BCUT2D eigenvalue weighted by Crippen LogP contribution is -2.47. The molecule has 0 aromatic heterocycles. The van der Waals surface area contributed by atoms with E-state index in [0.29, 0.717) is 11.6 Å². The van der Waals surface area contributed by atoms with Crippen molar-refractivity contribution in [1.29, 1.82) is 0 Å². The van der Waals surface area contributed by atoms with Gasteiger partial charge < -0.3 is 10.6 Å². The predicted molar refractivity (Wildman–Crippen MR) is 87.7 cm³/mol. The summed E-state index contributed by atoms with van der Waals surface area (Å²) in [4.78, 5) is 24.7. The highest BCUT2D eigenvalue weighted by Crippen LogP contribution is 2.29. The Morgan fingerprint density at radius 1 is 1.24 bits per heavy atom. The van der Waals surface area contributed by atoms with Gasteiger partial charge in [0.2, 0.25) is 11.8 Å². The molecule has 0 fully saturated rings. The van der Waals surface area contributed by atoms with Crippen LogP contribution in [0.3, 0.4) is 0 Å². The maximum atomic E-state index is 12.1. The Hall–Kier alpha value is -1.20. The van der Waals surface area contributed by atoms with Crippen LogP contribution in [0.5, 0.6) is 0 Å². The first-order chi connectivity index (χ1) is 9.95. The van der Waals surface area contributed by atoms with Gasteiger partial charge >= 0.3 is 0 Å². The Kier molecular flexibility index (Phi) is 7.61. The van der Waals surface area contributed by atoms with E-state index in [9.17, 15) is 9.59 Å². The number of hydrogen-bond acceptors (Lipinski definition) is 3. The molecule has 1 aromatic rings. The SMILES string of the molecule is CCCNC(=O)[C@H](C)NC(=O)[C@@H](C)Sc1ccccc1Cl. The first kappa shape index (κ1) is 17.9. The molecular formula is C15H21ClN2O2S. The maximum Gasteiger partial charge on any atom is 0.242 e. The topological polar surface area (TPSA) is 58.2 Å². The zero-order chi connectivity index (χ0) is 15.8. The lowest BCUT2D eigenvalue weighted by molar-refractivity contribution is -0.128. The van der Waals surface area contributed by atoms with Crippen LogP contribution >= 0.6 is 23.4 Å². The third-order valence-electron chi connectivity index (χ3n) is 2.81. The highest BCUT2D eigenvalue weighted by atomic mass is 35.5. The summed E-state index contributed by atoms with van der Waals surface area (Å²) in [5, 5.41) is 5.76. The molecule has 4 nitrogen and oxygen atoms in total. The number of thioether (sulfide) groups is 1. The Labute approximate surface area is 135 Å². The molecule has 0 spiro atoms. The van der Waals surface area contributed by atoms with Gasteiger partial charge in [-0.1, -0.05) is 30.7 Å². The molecule has 0 aliphatic rings. The monoisotopic (exact) mass is 328 g/mol.